The van der Waals surface area contributed by atoms with Gasteiger partial charge in [-0.3, -0.25) is 0 Å². The Morgan fingerprint density at radius 2 is 2.11 bits per heavy atom. The second-order valence-electron chi connectivity index (χ2n) is 4.65. The largest absolute Gasteiger partial charge is 0.409 e. The summed E-state index contributed by atoms with van der Waals surface area (Å²) in [7, 11) is 0. The molecule has 18 heavy (non-hydrogen) atoms. The normalized spacial score (nSPS) is 15.4. The molecule has 0 aliphatic carbocycles. The first-order chi connectivity index (χ1) is 8.58. The van der Waals surface area contributed by atoms with Crippen LogP contribution >= 0.6 is 0 Å². The van der Waals surface area contributed by atoms with E-state index in [1.807, 2.05) is 12.1 Å². The Bertz CT molecular complexity index is 404. The Morgan fingerprint density at radius 3 is 2.67 bits per heavy atom. The molecule has 0 amide bonds. The zero-order valence-electron chi connectivity index (χ0n) is 11.4. The zero-order chi connectivity index (χ0) is 13.5. The number of hydrogen-bond donors (Lipinski definition) is 3. The summed E-state index contributed by atoms with van der Waals surface area (Å²) in [6, 6.07) is 8.80. The molecular formula is C14H23N3O. The average molecular weight is 249 g/mol. The van der Waals surface area contributed by atoms with Gasteiger partial charge >= 0.3 is 0 Å². The summed E-state index contributed by atoms with van der Waals surface area (Å²) >= 11 is 0. The van der Waals surface area contributed by atoms with Gasteiger partial charge in [0.25, 0.3) is 0 Å². The summed E-state index contributed by atoms with van der Waals surface area (Å²) in [5.41, 5.74) is 8.12. The van der Waals surface area contributed by atoms with Crippen LogP contribution in [-0.4, -0.2) is 17.1 Å². The van der Waals surface area contributed by atoms with E-state index < -0.39 is 0 Å². The molecule has 0 saturated heterocycles. The van der Waals surface area contributed by atoms with E-state index in [2.05, 4.69) is 43.4 Å². The fourth-order valence-corrected chi connectivity index (χ4v) is 2.13. The molecule has 1 unspecified atom stereocenters. The van der Waals surface area contributed by atoms with Crippen molar-refractivity contribution in [2.45, 2.75) is 45.7 Å². The van der Waals surface area contributed by atoms with Crippen LogP contribution in [0.2, 0.25) is 0 Å². The molecule has 0 radical (unpaired) electrons. The summed E-state index contributed by atoms with van der Waals surface area (Å²) in [4.78, 5) is 0. The molecule has 0 aliphatic heterocycles. The summed E-state index contributed by atoms with van der Waals surface area (Å²) in [5.74, 6) is 0.270. The van der Waals surface area contributed by atoms with Crippen molar-refractivity contribution in [1.82, 2.24) is 5.32 Å². The minimum atomic E-state index is 0.218. The first-order valence-electron chi connectivity index (χ1n) is 6.36. The highest BCUT2D eigenvalue weighted by atomic mass is 16.4. The van der Waals surface area contributed by atoms with Crippen LogP contribution < -0.4 is 11.1 Å². The third kappa shape index (κ3) is 4.04. The molecule has 0 aliphatic rings. The van der Waals surface area contributed by atoms with Gasteiger partial charge in [-0.15, -0.1) is 0 Å². The Balaban J connectivity index is 2.68. The molecule has 0 saturated carbocycles. The number of amidine groups is 1. The van der Waals surface area contributed by atoms with Crippen molar-refractivity contribution in [3.63, 3.8) is 0 Å². The van der Waals surface area contributed by atoms with Gasteiger partial charge in [0.05, 0.1) is 0 Å². The molecule has 4 nitrogen and oxygen atoms in total. The zero-order valence-corrected chi connectivity index (χ0v) is 11.4. The van der Waals surface area contributed by atoms with Gasteiger partial charge in [-0.25, -0.2) is 0 Å². The summed E-state index contributed by atoms with van der Waals surface area (Å²) < 4.78 is 0. The van der Waals surface area contributed by atoms with Crippen molar-refractivity contribution < 1.29 is 5.21 Å². The van der Waals surface area contributed by atoms with Crippen LogP contribution in [0.1, 0.15) is 43.9 Å². The Kier molecular flexibility index (Phi) is 5.65. The number of rotatable bonds is 6. The minimum Gasteiger partial charge on any atom is -0.409 e. The van der Waals surface area contributed by atoms with Gasteiger partial charge in [0.2, 0.25) is 0 Å². The number of nitrogens with two attached hydrogens (primary N) is 1. The summed E-state index contributed by atoms with van der Waals surface area (Å²) in [5, 5.41) is 15.2. The maximum absolute atomic E-state index is 8.61. The quantitative estimate of drug-likeness (QED) is 0.314. The number of benzene rings is 1. The number of nitrogens with one attached hydrogen (secondary N) is 1. The minimum absolute atomic E-state index is 0.218. The van der Waals surface area contributed by atoms with Gasteiger partial charge in [0.1, 0.15) is 5.84 Å². The standard InChI is InChI=1S/C14H23N3O/c1-4-12(9-14(15)17-18)16-11(3)13-8-6-5-7-10(13)2/h5-8,11-12,16,18H,4,9H2,1-3H3,(H2,15,17)/t11-,12?/m1/s1. The van der Waals surface area contributed by atoms with Gasteiger partial charge < -0.3 is 16.3 Å². The van der Waals surface area contributed by atoms with Crippen LogP contribution in [0.15, 0.2) is 29.4 Å². The van der Waals surface area contributed by atoms with Crippen LogP contribution in [-0.2, 0) is 0 Å². The molecule has 1 aromatic carbocycles. The third-order valence-electron chi connectivity index (χ3n) is 3.22. The SMILES string of the molecule is CCC(C/C(N)=N/O)N[C@H](C)c1ccccc1C. The first-order valence-corrected chi connectivity index (χ1v) is 6.36. The van der Waals surface area contributed by atoms with E-state index in [4.69, 9.17) is 10.9 Å². The predicted molar refractivity (Wildman–Crippen MR) is 74.8 cm³/mol. The summed E-state index contributed by atoms with van der Waals surface area (Å²) in [6.45, 7) is 6.34. The van der Waals surface area contributed by atoms with Crippen molar-refractivity contribution in [3.05, 3.63) is 35.4 Å². The fraction of sp³-hybridized carbons (Fsp3) is 0.500. The molecule has 1 rings (SSSR count). The fourth-order valence-electron chi connectivity index (χ4n) is 2.13. The molecular weight excluding hydrogens is 226 g/mol. The Morgan fingerprint density at radius 1 is 1.44 bits per heavy atom. The molecule has 0 bridgehead atoms. The van der Waals surface area contributed by atoms with E-state index in [0.717, 1.165) is 6.42 Å². The maximum atomic E-state index is 8.61. The van der Waals surface area contributed by atoms with Crippen molar-refractivity contribution in [2.75, 3.05) is 0 Å². The number of nitrogens with zero attached hydrogens (tertiary/aromatic N) is 1. The van der Waals surface area contributed by atoms with Crippen LogP contribution in [0.3, 0.4) is 0 Å². The molecule has 2 atom stereocenters. The van der Waals surface area contributed by atoms with Crippen molar-refractivity contribution in [3.8, 4) is 0 Å². The highest BCUT2D eigenvalue weighted by molar-refractivity contribution is 5.80. The van der Waals surface area contributed by atoms with E-state index in [1.54, 1.807) is 0 Å². The predicted octanol–water partition coefficient (Wildman–Crippen LogP) is 2.56. The van der Waals surface area contributed by atoms with E-state index >= 15 is 0 Å². The topological polar surface area (TPSA) is 70.6 Å². The summed E-state index contributed by atoms with van der Waals surface area (Å²) in [6.07, 6.45) is 1.50. The van der Waals surface area contributed by atoms with Crippen molar-refractivity contribution in [2.24, 2.45) is 10.9 Å². The smallest absolute Gasteiger partial charge is 0.140 e. The molecule has 100 valence electrons. The third-order valence-corrected chi connectivity index (χ3v) is 3.22. The van der Waals surface area contributed by atoms with Crippen molar-refractivity contribution in [1.29, 1.82) is 0 Å². The lowest BCUT2D eigenvalue weighted by molar-refractivity contribution is 0.314. The molecule has 4 N–H and O–H groups in total. The maximum Gasteiger partial charge on any atom is 0.140 e. The van der Waals surface area contributed by atoms with E-state index in [1.165, 1.54) is 11.1 Å². The van der Waals surface area contributed by atoms with Crippen LogP contribution in [0, 0.1) is 6.92 Å². The lowest BCUT2D eigenvalue weighted by Crippen LogP contribution is -2.35. The second-order valence-corrected chi connectivity index (χ2v) is 4.65. The Hall–Kier alpha value is -1.55. The number of aryl methyl sites for hydroxylation is 1. The van der Waals surface area contributed by atoms with Gasteiger partial charge in [-0.2, -0.15) is 0 Å². The van der Waals surface area contributed by atoms with E-state index in [0.29, 0.717) is 6.42 Å². The number of oxime groups is 1. The number of hydrogen-bond acceptors (Lipinski definition) is 3. The highest BCUT2D eigenvalue weighted by Gasteiger charge is 2.14. The van der Waals surface area contributed by atoms with Crippen molar-refractivity contribution >= 4 is 5.84 Å². The molecule has 4 heteroatoms. The molecule has 0 aromatic heterocycles. The average Bonchev–Trinajstić information content (AvgIpc) is 2.38. The highest BCUT2D eigenvalue weighted by Crippen LogP contribution is 2.18. The Labute approximate surface area is 109 Å². The monoisotopic (exact) mass is 249 g/mol. The van der Waals surface area contributed by atoms with Crippen LogP contribution in [0.5, 0.6) is 0 Å². The lowest BCUT2D eigenvalue weighted by Gasteiger charge is -2.23. The van der Waals surface area contributed by atoms with E-state index in [9.17, 15) is 0 Å². The van der Waals surface area contributed by atoms with Crippen LogP contribution in [0.4, 0.5) is 0 Å². The molecule has 0 heterocycles. The van der Waals surface area contributed by atoms with Gasteiger partial charge in [-0.05, 0) is 31.4 Å². The van der Waals surface area contributed by atoms with E-state index in [-0.39, 0.29) is 17.9 Å². The first kappa shape index (κ1) is 14.5. The van der Waals surface area contributed by atoms with Gasteiger partial charge in [0.15, 0.2) is 0 Å². The lowest BCUT2D eigenvalue weighted by atomic mass is 10.0. The van der Waals surface area contributed by atoms with Crippen LogP contribution in [0.25, 0.3) is 0 Å². The van der Waals surface area contributed by atoms with Gasteiger partial charge in [0, 0.05) is 18.5 Å². The van der Waals surface area contributed by atoms with Gasteiger partial charge in [-0.1, -0.05) is 36.3 Å². The molecule has 1 aromatic rings. The second kappa shape index (κ2) is 7.01. The molecule has 0 fully saturated rings. The molecule has 0 spiro atoms.